The molecule has 4 rings (SSSR count). The smallest absolute Gasteiger partial charge is 0.280 e. The van der Waals surface area contributed by atoms with Gasteiger partial charge in [-0.3, -0.25) is 19.7 Å². The number of H-pyrrole nitrogens is 1. The maximum absolute atomic E-state index is 12.8. The Morgan fingerprint density at radius 2 is 2.00 bits per heavy atom. The second kappa shape index (κ2) is 7.10. The Kier molecular flexibility index (Phi) is 4.62. The molecule has 28 heavy (non-hydrogen) atoms. The molecule has 0 saturated carbocycles. The molecule has 142 valence electrons. The van der Waals surface area contributed by atoms with Gasteiger partial charge in [0.25, 0.3) is 11.5 Å². The normalized spacial score (nSPS) is 12.4. The number of rotatable bonds is 4. The molecule has 0 radical (unpaired) electrons. The Morgan fingerprint density at radius 3 is 2.71 bits per heavy atom. The second-order valence-corrected chi connectivity index (χ2v) is 7.00. The fraction of sp³-hybridized carbons (Fsp3) is 0.150. The first-order valence-electron chi connectivity index (χ1n) is 8.70. The van der Waals surface area contributed by atoms with Gasteiger partial charge in [0, 0.05) is 28.7 Å². The topological polar surface area (TPSA) is 100 Å². The van der Waals surface area contributed by atoms with Crippen LogP contribution >= 0.6 is 11.6 Å². The first kappa shape index (κ1) is 18.2. The third-order valence-corrected chi connectivity index (χ3v) is 4.68. The number of aromatic nitrogens is 3. The summed E-state index contributed by atoms with van der Waals surface area (Å²) in [5, 5.41) is 16.8. The SMILES string of the molecule is C[C@@H](O)CNC(=O)c1ccc2ncc3c(=O)n(-c4ccc(Cl)cc4)[nH]c3c2c1. The van der Waals surface area contributed by atoms with Crippen molar-refractivity contribution in [2.75, 3.05) is 6.54 Å². The molecule has 0 aliphatic rings. The molecule has 0 bridgehead atoms. The Labute approximate surface area is 164 Å². The van der Waals surface area contributed by atoms with Gasteiger partial charge < -0.3 is 10.4 Å². The number of aliphatic hydroxyl groups excluding tert-OH is 1. The maximum atomic E-state index is 12.8. The van der Waals surface area contributed by atoms with Gasteiger partial charge in [0.15, 0.2) is 0 Å². The molecular weight excluding hydrogens is 380 g/mol. The number of aromatic amines is 1. The van der Waals surface area contributed by atoms with Crippen LogP contribution in [0.3, 0.4) is 0 Å². The van der Waals surface area contributed by atoms with Crippen molar-refractivity contribution in [3.63, 3.8) is 0 Å². The minimum atomic E-state index is -0.637. The molecule has 1 amide bonds. The van der Waals surface area contributed by atoms with E-state index in [0.717, 1.165) is 0 Å². The summed E-state index contributed by atoms with van der Waals surface area (Å²) < 4.78 is 1.42. The summed E-state index contributed by atoms with van der Waals surface area (Å²) >= 11 is 5.93. The van der Waals surface area contributed by atoms with Crippen LogP contribution in [0.4, 0.5) is 0 Å². The predicted molar refractivity (Wildman–Crippen MR) is 108 cm³/mol. The number of nitrogens with one attached hydrogen (secondary N) is 2. The molecule has 7 nitrogen and oxygen atoms in total. The van der Waals surface area contributed by atoms with Gasteiger partial charge in [-0.2, -0.15) is 0 Å². The zero-order chi connectivity index (χ0) is 19.8. The van der Waals surface area contributed by atoms with Crippen molar-refractivity contribution in [3.8, 4) is 5.69 Å². The van der Waals surface area contributed by atoms with E-state index < -0.39 is 6.10 Å². The highest BCUT2D eigenvalue weighted by atomic mass is 35.5. The van der Waals surface area contributed by atoms with Gasteiger partial charge in [-0.15, -0.1) is 0 Å². The molecule has 2 aromatic heterocycles. The van der Waals surface area contributed by atoms with Gasteiger partial charge in [-0.05, 0) is 49.4 Å². The number of hydrogen-bond donors (Lipinski definition) is 3. The highest BCUT2D eigenvalue weighted by molar-refractivity contribution is 6.30. The van der Waals surface area contributed by atoms with Crippen LogP contribution in [0, 0.1) is 0 Å². The number of amides is 1. The first-order chi connectivity index (χ1) is 13.4. The number of nitrogens with zero attached hydrogens (tertiary/aromatic N) is 2. The molecule has 8 heteroatoms. The van der Waals surface area contributed by atoms with Crippen LogP contribution in [0.25, 0.3) is 27.5 Å². The molecule has 0 saturated heterocycles. The number of benzene rings is 2. The summed E-state index contributed by atoms with van der Waals surface area (Å²) in [5.74, 6) is -0.306. The lowest BCUT2D eigenvalue weighted by Gasteiger charge is -2.08. The quantitative estimate of drug-likeness (QED) is 0.493. The largest absolute Gasteiger partial charge is 0.392 e. The lowest BCUT2D eigenvalue weighted by atomic mass is 10.1. The third-order valence-electron chi connectivity index (χ3n) is 4.43. The summed E-state index contributed by atoms with van der Waals surface area (Å²) in [6, 6.07) is 12.0. The molecular formula is C20H17ClN4O3. The van der Waals surface area contributed by atoms with E-state index in [0.29, 0.717) is 38.1 Å². The van der Waals surface area contributed by atoms with E-state index in [2.05, 4.69) is 15.4 Å². The minimum absolute atomic E-state index is 0.156. The summed E-state index contributed by atoms with van der Waals surface area (Å²) in [4.78, 5) is 29.5. The minimum Gasteiger partial charge on any atom is -0.392 e. The van der Waals surface area contributed by atoms with Crippen molar-refractivity contribution in [1.82, 2.24) is 20.1 Å². The van der Waals surface area contributed by atoms with E-state index in [-0.39, 0.29) is 18.0 Å². The average molecular weight is 397 g/mol. The average Bonchev–Trinajstić information content (AvgIpc) is 3.03. The number of aliphatic hydroxyl groups is 1. The molecule has 2 heterocycles. The standard InChI is InChI=1S/C20H17ClN4O3/c1-11(26)9-23-19(27)12-2-7-17-15(8-12)18-16(10-22-17)20(28)25(24-18)14-5-3-13(21)4-6-14/h2-8,10-11,24,26H,9H2,1H3,(H,23,27)/t11-/m1/s1. The zero-order valence-electron chi connectivity index (χ0n) is 14.9. The van der Waals surface area contributed by atoms with Crippen molar-refractivity contribution in [1.29, 1.82) is 0 Å². The molecule has 4 aromatic rings. The Morgan fingerprint density at radius 1 is 1.25 bits per heavy atom. The van der Waals surface area contributed by atoms with Crippen molar-refractivity contribution >= 4 is 39.3 Å². The van der Waals surface area contributed by atoms with E-state index in [9.17, 15) is 14.7 Å². The van der Waals surface area contributed by atoms with Crippen molar-refractivity contribution in [3.05, 3.63) is 69.6 Å². The number of halogens is 1. The highest BCUT2D eigenvalue weighted by Gasteiger charge is 2.14. The monoisotopic (exact) mass is 396 g/mol. The van der Waals surface area contributed by atoms with Gasteiger partial charge in [0.2, 0.25) is 0 Å². The number of carbonyl (C=O) groups excluding carboxylic acids is 1. The van der Waals surface area contributed by atoms with Crippen LogP contribution in [0.5, 0.6) is 0 Å². The number of pyridine rings is 1. The molecule has 0 unspecified atom stereocenters. The number of hydrogen-bond acceptors (Lipinski definition) is 4. The molecule has 0 aliphatic heterocycles. The van der Waals surface area contributed by atoms with E-state index >= 15 is 0 Å². The highest BCUT2D eigenvalue weighted by Crippen LogP contribution is 2.22. The third kappa shape index (κ3) is 3.26. The zero-order valence-corrected chi connectivity index (χ0v) is 15.7. The molecule has 1 atom stereocenters. The van der Waals surface area contributed by atoms with Gasteiger partial charge in [0.05, 0.1) is 28.2 Å². The fourth-order valence-electron chi connectivity index (χ4n) is 3.01. The van der Waals surface area contributed by atoms with Gasteiger partial charge in [0.1, 0.15) is 0 Å². The molecule has 3 N–H and O–H groups in total. The van der Waals surface area contributed by atoms with Crippen molar-refractivity contribution in [2.24, 2.45) is 0 Å². The van der Waals surface area contributed by atoms with Crippen LogP contribution in [0.2, 0.25) is 5.02 Å². The maximum Gasteiger partial charge on any atom is 0.280 e. The lowest BCUT2D eigenvalue weighted by molar-refractivity contribution is 0.0924. The molecule has 0 spiro atoms. The number of carbonyl (C=O) groups is 1. The van der Waals surface area contributed by atoms with Crippen molar-refractivity contribution < 1.29 is 9.90 Å². The molecule has 0 aliphatic carbocycles. The van der Waals surface area contributed by atoms with E-state index in [1.54, 1.807) is 49.4 Å². The van der Waals surface area contributed by atoms with Gasteiger partial charge in [-0.25, -0.2) is 4.68 Å². The second-order valence-electron chi connectivity index (χ2n) is 6.57. The van der Waals surface area contributed by atoms with Crippen molar-refractivity contribution in [2.45, 2.75) is 13.0 Å². The summed E-state index contributed by atoms with van der Waals surface area (Å²) in [6.45, 7) is 1.75. The number of fused-ring (bicyclic) bond motifs is 3. The molecule has 0 fully saturated rings. The van der Waals surface area contributed by atoms with E-state index in [1.807, 2.05) is 0 Å². The summed E-state index contributed by atoms with van der Waals surface area (Å²) in [6.07, 6.45) is 0.887. The van der Waals surface area contributed by atoms with E-state index in [1.165, 1.54) is 10.9 Å². The Hall–Kier alpha value is -3.16. The Balaban J connectivity index is 1.85. The predicted octanol–water partition coefficient (Wildman–Crippen LogP) is 2.63. The van der Waals surface area contributed by atoms with Crippen LogP contribution < -0.4 is 10.9 Å². The summed E-state index contributed by atoms with van der Waals surface area (Å²) in [5.41, 5.74) is 2.07. The van der Waals surface area contributed by atoms with E-state index in [4.69, 9.17) is 11.6 Å². The van der Waals surface area contributed by atoms with Crippen LogP contribution in [-0.4, -0.2) is 38.4 Å². The van der Waals surface area contributed by atoms with Gasteiger partial charge in [-0.1, -0.05) is 11.6 Å². The fourth-order valence-corrected chi connectivity index (χ4v) is 3.14. The first-order valence-corrected chi connectivity index (χ1v) is 9.07. The summed E-state index contributed by atoms with van der Waals surface area (Å²) in [7, 11) is 0. The van der Waals surface area contributed by atoms with Crippen LogP contribution in [0.1, 0.15) is 17.3 Å². The van der Waals surface area contributed by atoms with Crippen LogP contribution in [-0.2, 0) is 0 Å². The van der Waals surface area contributed by atoms with Gasteiger partial charge >= 0.3 is 0 Å². The lowest BCUT2D eigenvalue weighted by Crippen LogP contribution is -2.30. The molecule has 2 aromatic carbocycles. The Bertz CT molecular complexity index is 1240. The van der Waals surface area contributed by atoms with Crippen LogP contribution in [0.15, 0.2) is 53.5 Å².